The molecular formula is C22H25N3O6. The van der Waals surface area contributed by atoms with Crippen molar-refractivity contribution in [3.05, 3.63) is 53.2 Å². The molecule has 3 rings (SSSR count). The average molecular weight is 427 g/mol. The van der Waals surface area contributed by atoms with Gasteiger partial charge in [0.15, 0.2) is 0 Å². The fourth-order valence-corrected chi connectivity index (χ4v) is 3.38. The Morgan fingerprint density at radius 1 is 0.903 bits per heavy atom. The molecular weight excluding hydrogens is 402 g/mol. The zero-order chi connectivity index (χ0) is 22.5. The van der Waals surface area contributed by atoms with Crippen LogP contribution in [0.15, 0.2) is 47.7 Å². The molecule has 1 atom stereocenters. The zero-order valence-corrected chi connectivity index (χ0v) is 18.0. The van der Waals surface area contributed by atoms with E-state index in [9.17, 15) is 9.59 Å². The second-order valence-electron chi connectivity index (χ2n) is 6.70. The van der Waals surface area contributed by atoms with Crippen LogP contribution in [0.1, 0.15) is 18.5 Å². The molecule has 3 amide bonds. The Bertz CT molecular complexity index is 1030. The van der Waals surface area contributed by atoms with E-state index in [0.717, 1.165) is 0 Å². The lowest BCUT2D eigenvalue weighted by Gasteiger charge is -2.30. The topological polar surface area (TPSA) is 107 Å². The highest BCUT2D eigenvalue weighted by atomic mass is 16.5. The fourth-order valence-electron chi connectivity index (χ4n) is 3.38. The molecule has 0 radical (unpaired) electrons. The molecule has 0 saturated heterocycles. The van der Waals surface area contributed by atoms with Crippen LogP contribution < -0.4 is 34.9 Å². The number of allylic oxidation sites excluding steroid dienone is 1. The van der Waals surface area contributed by atoms with Crippen molar-refractivity contribution in [2.75, 3.05) is 33.8 Å². The first kappa shape index (κ1) is 21.8. The third kappa shape index (κ3) is 4.50. The summed E-state index contributed by atoms with van der Waals surface area (Å²) >= 11 is 0. The van der Waals surface area contributed by atoms with Crippen LogP contribution in [-0.2, 0) is 4.79 Å². The van der Waals surface area contributed by atoms with Crippen LogP contribution in [0.3, 0.4) is 0 Å². The third-order valence-electron chi connectivity index (χ3n) is 4.92. The SMILES string of the molecule is COc1ccc(NC(=O)C2=C(C)NC(=O)NC2c2cc(OC)ccc2OC)c(OC)c1. The quantitative estimate of drug-likeness (QED) is 0.627. The second kappa shape index (κ2) is 9.29. The number of amides is 3. The Kier molecular flexibility index (Phi) is 6.54. The van der Waals surface area contributed by atoms with Crippen LogP contribution in [0.2, 0.25) is 0 Å². The molecule has 1 aliphatic rings. The molecule has 2 aromatic rings. The highest BCUT2D eigenvalue weighted by molar-refractivity contribution is 6.07. The van der Waals surface area contributed by atoms with Crippen LogP contribution in [0, 0.1) is 0 Å². The molecule has 9 nitrogen and oxygen atoms in total. The van der Waals surface area contributed by atoms with Crippen molar-refractivity contribution in [3.63, 3.8) is 0 Å². The Morgan fingerprint density at radius 3 is 2.19 bits per heavy atom. The third-order valence-corrected chi connectivity index (χ3v) is 4.92. The average Bonchev–Trinajstić information content (AvgIpc) is 2.78. The van der Waals surface area contributed by atoms with Gasteiger partial charge < -0.3 is 34.9 Å². The van der Waals surface area contributed by atoms with E-state index in [-0.39, 0.29) is 0 Å². The summed E-state index contributed by atoms with van der Waals surface area (Å²) in [6, 6.07) is 9.06. The van der Waals surface area contributed by atoms with Gasteiger partial charge in [0.25, 0.3) is 5.91 Å². The Morgan fingerprint density at radius 2 is 1.55 bits per heavy atom. The first-order chi connectivity index (χ1) is 14.9. The number of nitrogens with one attached hydrogen (secondary N) is 3. The van der Waals surface area contributed by atoms with E-state index < -0.39 is 18.0 Å². The van der Waals surface area contributed by atoms with Crippen LogP contribution in [0.5, 0.6) is 23.0 Å². The van der Waals surface area contributed by atoms with Gasteiger partial charge in [0.05, 0.1) is 45.7 Å². The minimum Gasteiger partial charge on any atom is -0.497 e. The van der Waals surface area contributed by atoms with Gasteiger partial charge in [-0.15, -0.1) is 0 Å². The smallest absolute Gasteiger partial charge is 0.319 e. The highest BCUT2D eigenvalue weighted by Gasteiger charge is 2.33. The molecule has 0 aromatic heterocycles. The number of anilines is 1. The van der Waals surface area contributed by atoms with Gasteiger partial charge >= 0.3 is 6.03 Å². The number of urea groups is 1. The van der Waals surface area contributed by atoms with E-state index in [1.165, 1.54) is 21.3 Å². The Labute approximate surface area is 180 Å². The summed E-state index contributed by atoms with van der Waals surface area (Å²) in [7, 11) is 6.11. The van der Waals surface area contributed by atoms with E-state index in [0.29, 0.717) is 45.5 Å². The Balaban J connectivity index is 2.02. The first-order valence-electron chi connectivity index (χ1n) is 9.45. The van der Waals surface area contributed by atoms with Gasteiger partial charge in [-0.2, -0.15) is 0 Å². The molecule has 0 saturated carbocycles. The summed E-state index contributed by atoms with van der Waals surface area (Å²) in [6.07, 6.45) is 0. The van der Waals surface area contributed by atoms with E-state index in [1.54, 1.807) is 50.4 Å². The van der Waals surface area contributed by atoms with Gasteiger partial charge in [0, 0.05) is 17.3 Å². The molecule has 0 fully saturated rings. The van der Waals surface area contributed by atoms with Crippen molar-refractivity contribution in [1.29, 1.82) is 0 Å². The second-order valence-corrected chi connectivity index (χ2v) is 6.70. The van der Waals surface area contributed by atoms with Crippen LogP contribution in [-0.4, -0.2) is 40.4 Å². The lowest BCUT2D eigenvalue weighted by molar-refractivity contribution is -0.113. The van der Waals surface area contributed by atoms with Crippen LogP contribution in [0.4, 0.5) is 10.5 Å². The highest BCUT2D eigenvalue weighted by Crippen LogP contribution is 2.37. The van der Waals surface area contributed by atoms with Crippen LogP contribution in [0.25, 0.3) is 0 Å². The largest absolute Gasteiger partial charge is 0.497 e. The van der Waals surface area contributed by atoms with E-state index in [4.69, 9.17) is 18.9 Å². The number of carbonyl (C=O) groups excluding carboxylic acids is 2. The first-order valence-corrected chi connectivity index (χ1v) is 9.45. The summed E-state index contributed by atoms with van der Waals surface area (Å²) in [5, 5.41) is 8.30. The number of hydrogen-bond donors (Lipinski definition) is 3. The maximum atomic E-state index is 13.3. The predicted molar refractivity (Wildman–Crippen MR) is 115 cm³/mol. The minimum atomic E-state index is -0.761. The summed E-state index contributed by atoms with van der Waals surface area (Å²) in [4.78, 5) is 25.5. The summed E-state index contributed by atoms with van der Waals surface area (Å²) in [6.45, 7) is 1.67. The van der Waals surface area contributed by atoms with Gasteiger partial charge in [0.2, 0.25) is 0 Å². The number of rotatable bonds is 7. The zero-order valence-electron chi connectivity index (χ0n) is 18.0. The molecule has 1 unspecified atom stereocenters. The molecule has 0 spiro atoms. The Hall–Kier alpha value is -3.88. The molecule has 1 heterocycles. The van der Waals surface area contributed by atoms with Gasteiger partial charge in [-0.1, -0.05) is 0 Å². The van der Waals surface area contributed by atoms with Crippen LogP contribution >= 0.6 is 0 Å². The standard InChI is InChI=1S/C22H25N3O6/c1-12-19(21(26)24-16-8-6-14(29-3)11-18(16)31-5)20(25-22(27)23-12)15-10-13(28-2)7-9-17(15)30-4/h6-11,20H,1-5H3,(H,24,26)(H2,23,25,27). The van der Waals surface area contributed by atoms with Crippen molar-refractivity contribution >= 4 is 17.6 Å². The lowest BCUT2D eigenvalue weighted by atomic mass is 9.93. The molecule has 164 valence electrons. The van der Waals surface area contributed by atoms with Crippen molar-refractivity contribution in [1.82, 2.24) is 10.6 Å². The minimum absolute atomic E-state index is 0.323. The lowest BCUT2D eigenvalue weighted by Crippen LogP contribution is -2.46. The summed E-state index contributed by atoms with van der Waals surface area (Å²) in [5.41, 5.74) is 1.79. The number of carbonyl (C=O) groups is 2. The van der Waals surface area contributed by atoms with Crippen molar-refractivity contribution in [2.45, 2.75) is 13.0 Å². The summed E-state index contributed by atoms with van der Waals surface area (Å²) in [5.74, 6) is 1.69. The number of hydrogen-bond acceptors (Lipinski definition) is 6. The van der Waals surface area contributed by atoms with Crippen molar-refractivity contribution in [2.24, 2.45) is 0 Å². The molecule has 0 aliphatic carbocycles. The fraction of sp³-hybridized carbons (Fsp3) is 0.273. The van der Waals surface area contributed by atoms with Crippen molar-refractivity contribution < 1.29 is 28.5 Å². The number of benzene rings is 2. The normalized spacial score (nSPS) is 15.5. The summed E-state index contributed by atoms with van der Waals surface area (Å²) < 4.78 is 21.3. The molecule has 3 N–H and O–H groups in total. The molecule has 0 bridgehead atoms. The monoisotopic (exact) mass is 427 g/mol. The maximum Gasteiger partial charge on any atom is 0.319 e. The van der Waals surface area contributed by atoms with E-state index in [2.05, 4.69) is 16.0 Å². The number of ether oxygens (including phenoxy) is 4. The predicted octanol–water partition coefficient (Wildman–Crippen LogP) is 2.99. The van der Waals surface area contributed by atoms with E-state index in [1.807, 2.05) is 0 Å². The van der Waals surface area contributed by atoms with Gasteiger partial charge in [-0.05, 0) is 37.3 Å². The van der Waals surface area contributed by atoms with Gasteiger partial charge in [0.1, 0.15) is 23.0 Å². The van der Waals surface area contributed by atoms with Gasteiger partial charge in [-0.25, -0.2) is 4.79 Å². The molecule has 31 heavy (non-hydrogen) atoms. The van der Waals surface area contributed by atoms with Crippen molar-refractivity contribution in [3.8, 4) is 23.0 Å². The van der Waals surface area contributed by atoms with Gasteiger partial charge in [-0.3, -0.25) is 4.79 Å². The molecule has 2 aromatic carbocycles. The van der Waals surface area contributed by atoms with E-state index >= 15 is 0 Å². The molecule has 1 aliphatic heterocycles. The number of methoxy groups -OCH3 is 4. The molecule has 9 heteroatoms. The maximum absolute atomic E-state index is 13.3.